The zero-order valence-corrected chi connectivity index (χ0v) is 25.7. The van der Waals surface area contributed by atoms with Crippen LogP contribution >= 0.6 is 7.52 Å². The highest BCUT2D eigenvalue weighted by atomic mass is 31.2. The highest BCUT2D eigenvalue weighted by molar-refractivity contribution is 7.73. The summed E-state index contributed by atoms with van der Waals surface area (Å²) >= 11 is 0. The van der Waals surface area contributed by atoms with E-state index < -0.39 is 36.9 Å². The van der Waals surface area contributed by atoms with Crippen molar-refractivity contribution in [3.63, 3.8) is 0 Å². The quantitative estimate of drug-likeness (QED) is 0.155. The predicted octanol–water partition coefficient (Wildman–Crippen LogP) is 7.94. The first-order valence-corrected chi connectivity index (χ1v) is 15.9. The maximum atomic E-state index is 14.6. The lowest BCUT2D eigenvalue weighted by Crippen LogP contribution is -2.45. The molecule has 0 saturated carbocycles. The molecule has 2 aliphatic rings. The lowest BCUT2D eigenvalue weighted by Gasteiger charge is -2.47. The summed E-state index contributed by atoms with van der Waals surface area (Å²) in [5, 5.41) is 9.78. The number of fused-ring (bicyclic) bond motifs is 3. The normalized spacial score (nSPS) is 22.2. The molecular formula is C30H46NO7P. The van der Waals surface area contributed by atoms with E-state index in [-0.39, 0.29) is 18.4 Å². The molecule has 0 fully saturated rings. The number of likely N-dealkylation sites (N-methyl/N-ethyl adjacent to an activating group) is 1. The van der Waals surface area contributed by atoms with Gasteiger partial charge in [0.2, 0.25) is 0 Å². The van der Waals surface area contributed by atoms with Crippen LogP contribution in [0.3, 0.4) is 0 Å². The summed E-state index contributed by atoms with van der Waals surface area (Å²) in [7, 11) is -4.48. The van der Waals surface area contributed by atoms with Gasteiger partial charge in [0.25, 0.3) is 0 Å². The van der Waals surface area contributed by atoms with E-state index >= 15 is 0 Å². The van der Waals surface area contributed by atoms with Crippen LogP contribution in [0.5, 0.6) is 11.5 Å². The van der Waals surface area contributed by atoms with E-state index in [0.29, 0.717) is 11.5 Å². The van der Waals surface area contributed by atoms with Gasteiger partial charge in [0.15, 0.2) is 0 Å². The number of hydrogen-bond acceptors (Lipinski definition) is 6. The van der Waals surface area contributed by atoms with Gasteiger partial charge < -0.3 is 19.1 Å². The van der Waals surface area contributed by atoms with Crippen molar-refractivity contribution in [2.75, 3.05) is 6.54 Å². The molecule has 1 aromatic carbocycles. The summed E-state index contributed by atoms with van der Waals surface area (Å²) in [6, 6.07) is 2.67. The topological polar surface area (TPSA) is 102 Å². The van der Waals surface area contributed by atoms with Gasteiger partial charge in [0, 0.05) is 23.9 Å². The molecule has 1 aliphatic heterocycles. The highest BCUT2D eigenvalue weighted by Crippen LogP contribution is 2.59. The molecule has 1 heterocycles. The summed E-state index contributed by atoms with van der Waals surface area (Å²) in [6.45, 7) is 14.8. The monoisotopic (exact) mass is 563 g/mol. The number of rotatable bonds is 12. The molecule has 8 nitrogen and oxygen atoms in total. The van der Waals surface area contributed by atoms with Gasteiger partial charge in [-0.05, 0) is 84.9 Å². The third-order valence-corrected chi connectivity index (χ3v) is 10.2. The molecule has 0 radical (unpaired) electrons. The van der Waals surface area contributed by atoms with Crippen molar-refractivity contribution < 1.29 is 33.3 Å². The molecule has 218 valence electrons. The number of nitrogens with zero attached hydrogens (tertiary/aromatic N) is 1. The maximum absolute atomic E-state index is 14.6. The van der Waals surface area contributed by atoms with Crippen molar-refractivity contribution in [1.82, 2.24) is 4.67 Å². The molecule has 4 atom stereocenters. The number of carboxylic acid groups (broad SMARTS) is 1. The fourth-order valence-electron chi connectivity index (χ4n) is 5.77. The Kier molecular flexibility index (Phi) is 9.98. The van der Waals surface area contributed by atoms with Crippen molar-refractivity contribution >= 4 is 19.2 Å². The summed E-state index contributed by atoms with van der Waals surface area (Å²) in [5.74, 6) is -0.142. The first-order chi connectivity index (χ1) is 18.2. The Morgan fingerprint density at radius 2 is 1.90 bits per heavy atom. The van der Waals surface area contributed by atoms with Crippen LogP contribution < -0.4 is 9.26 Å². The van der Waals surface area contributed by atoms with Gasteiger partial charge >= 0.3 is 19.2 Å². The number of carboxylic acids is 1. The Balaban J connectivity index is 2.23. The fraction of sp³-hybridized carbons (Fsp3) is 0.667. The molecule has 2 unspecified atom stereocenters. The van der Waals surface area contributed by atoms with Crippen molar-refractivity contribution in [3.05, 3.63) is 34.9 Å². The highest BCUT2D eigenvalue weighted by Gasteiger charge is 2.50. The standard InChI is InChI=1S/C30H46NO7P/c1-9-11-12-13-22-17-25-27(23-16-20(5)14-15-24(23)30(7,8)37-25)26(18-22)38-39(35,29(34)36-19(3)4)31(10-2)21(6)28(32)33/h16-19,21,23-24H,9-15H2,1-8H3,(H,32,33)/t21?,23-,24-,39?/m1/s1. The van der Waals surface area contributed by atoms with Crippen molar-refractivity contribution in [1.29, 1.82) is 0 Å². The lowest BCUT2D eigenvalue weighted by atomic mass is 9.68. The predicted molar refractivity (Wildman–Crippen MR) is 153 cm³/mol. The number of benzene rings is 1. The molecule has 0 spiro atoms. The van der Waals surface area contributed by atoms with E-state index in [1.165, 1.54) is 12.5 Å². The molecule has 0 saturated heterocycles. The second-order valence-electron chi connectivity index (χ2n) is 11.7. The maximum Gasteiger partial charge on any atom is 0.427 e. The summed E-state index contributed by atoms with van der Waals surface area (Å²) in [5.41, 5.74) is 1.49. The minimum Gasteiger partial charge on any atom is -0.487 e. The first-order valence-electron chi connectivity index (χ1n) is 14.3. The van der Waals surface area contributed by atoms with Crippen molar-refractivity contribution in [3.8, 4) is 11.5 Å². The molecule has 9 heteroatoms. The summed E-state index contributed by atoms with van der Waals surface area (Å²) < 4.78 is 34.1. The summed E-state index contributed by atoms with van der Waals surface area (Å²) in [4.78, 5) is 25.4. The molecule has 0 aromatic heterocycles. The molecule has 0 amide bonds. The van der Waals surface area contributed by atoms with Crippen LogP contribution in [0.15, 0.2) is 23.8 Å². The average molecular weight is 564 g/mol. The molecule has 1 aromatic rings. The van der Waals surface area contributed by atoms with Crippen LogP contribution in [0.25, 0.3) is 0 Å². The number of carbonyl (C=O) groups excluding carboxylic acids is 1. The third kappa shape index (κ3) is 6.71. The molecule has 1 N–H and O–H groups in total. The zero-order valence-electron chi connectivity index (χ0n) is 24.8. The molecule has 3 rings (SSSR count). The number of aryl methyl sites for hydroxylation is 1. The van der Waals surface area contributed by atoms with E-state index in [0.717, 1.165) is 54.3 Å². The number of allylic oxidation sites excluding steroid dienone is 2. The van der Waals surface area contributed by atoms with E-state index in [4.69, 9.17) is 14.0 Å². The second kappa shape index (κ2) is 12.5. The van der Waals surface area contributed by atoms with Gasteiger partial charge in [-0.1, -0.05) is 38.3 Å². The lowest BCUT2D eigenvalue weighted by molar-refractivity contribution is -0.141. The van der Waals surface area contributed by atoms with Gasteiger partial charge in [-0.2, -0.15) is 4.67 Å². The van der Waals surface area contributed by atoms with Crippen LogP contribution in [0.2, 0.25) is 0 Å². The molecule has 0 bridgehead atoms. The smallest absolute Gasteiger partial charge is 0.427 e. The van der Waals surface area contributed by atoms with Crippen LogP contribution in [0, 0.1) is 5.92 Å². The van der Waals surface area contributed by atoms with Crippen molar-refractivity contribution in [2.45, 2.75) is 118 Å². The first kappa shape index (κ1) is 31.2. The Morgan fingerprint density at radius 3 is 2.49 bits per heavy atom. The minimum absolute atomic E-state index is 0.0188. The van der Waals surface area contributed by atoms with E-state index in [9.17, 15) is 19.3 Å². The van der Waals surface area contributed by atoms with E-state index in [2.05, 4.69) is 33.8 Å². The van der Waals surface area contributed by atoms with Gasteiger partial charge in [0.1, 0.15) is 23.1 Å². The Hall–Kier alpha value is -2.31. The van der Waals surface area contributed by atoms with Gasteiger partial charge in [-0.15, -0.1) is 0 Å². The van der Waals surface area contributed by atoms with Crippen LogP contribution in [-0.2, 0) is 20.5 Å². The third-order valence-electron chi connectivity index (χ3n) is 7.84. The van der Waals surface area contributed by atoms with Crippen molar-refractivity contribution in [2.24, 2.45) is 5.92 Å². The van der Waals surface area contributed by atoms with Gasteiger partial charge in [0.05, 0.1) is 6.10 Å². The Morgan fingerprint density at radius 1 is 1.21 bits per heavy atom. The second-order valence-corrected chi connectivity index (χ2v) is 13.8. The van der Waals surface area contributed by atoms with Gasteiger partial charge in [-0.3, -0.25) is 4.79 Å². The van der Waals surface area contributed by atoms with E-state index in [1.807, 2.05) is 12.1 Å². The Bertz CT molecular complexity index is 1140. The largest absolute Gasteiger partial charge is 0.487 e. The zero-order chi connectivity index (χ0) is 29.1. The minimum atomic E-state index is -4.48. The number of unbranched alkanes of at least 4 members (excludes halogenated alkanes) is 2. The molecule has 1 aliphatic carbocycles. The average Bonchev–Trinajstić information content (AvgIpc) is 2.83. The number of ether oxygens (including phenoxy) is 2. The molecule has 39 heavy (non-hydrogen) atoms. The number of hydrogen-bond donors (Lipinski definition) is 1. The number of aliphatic carboxylic acids is 1. The van der Waals surface area contributed by atoms with Crippen LogP contribution in [0.4, 0.5) is 4.79 Å². The molecular weight excluding hydrogens is 517 g/mol. The van der Waals surface area contributed by atoms with Crippen LogP contribution in [0.1, 0.15) is 105 Å². The fourth-order valence-corrected chi connectivity index (χ4v) is 7.85. The Labute approximate surface area is 233 Å². The SMILES string of the molecule is CCCCCc1cc2c(c(OP(=O)(C(=O)OC(C)C)N(CC)C(C)C(=O)O)c1)[C@@H]1C=C(C)CC[C@H]1C(C)(C)O2. The van der Waals surface area contributed by atoms with Gasteiger partial charge in [-0.25, -0.2) is 9.36 Å². The van der Waals surface area contributed by atoms with E-state index in [1.54, 1.807) is 20.8 Å². The van der Waals surface area contributed by atoms with Crippen LogP contribution in [-0.4, -0.2) is 45.7 Å². The number of carbonyl (C=O) groups is 2. The summed E-state index contributed by atoms with van der Waals surface area (Å²) in [6.07, 6.45) is 7.44.